The summed E-state index contributed by atoms with van der Waals surface area (Å²) in [5.41, 5.74) is 0. The summed E-state index contributed by atoms with van der Waals surface area (Å²) in [6.07, 6.45) is 0.760. The SMILES string of the molecule is CCCCOCC1O[C@H](OCC2O[C@@H](O[C@@H](C)C(COCCCC)O[C@@H](OCCCC)[C@@H](C)COCCCC)[C@H](OCCCC)C(O[C@@H]3OC(COCCCC)[C@H](OCCCC)C(OCCCC)[C@@H]3OC(C)=O)[C@@H]2OCCCC)[C@H](O[C@H](OC(COCCCC)[C@H](C)O[C@@H]2OC(COCCCC)[C@H](OCCCC)C(OCCCC)[C@@H]2OC(C)=O)[C@@H](C)COCCCC)C(OCCCC)[C@@H]1OCCCC. The first-order chi connectivity index (χ1) is 67.7. The predicted molar refractivity (Wildman–Crippen MR) is 536 cm³/mol. The molecule has 4 heterocycles. The van der Waals surface area contributed by atoms with E-state index in [1.807, 2.05) is 20.8 Å². The zero-order valence-electron chi connectivity index (χ0n) is 91.4. The maximum absolute atomic E-state index is 14.1. The van der Waals surface area contributed by atoms with Crippen LogP contribution in [0.25, 0.3) is 0 Å². The Balaban J connectivity index is 2.25. The van der Waals surface area contributed by atoms with Crippen LogP contribution in [0.15, 0.2) is 0 Å². The number of carbonyl (C=O) groups excluding carboxylic acids is 2. The van der Waals surface area contributed by atoms with Crippen LogP contribution in [0.5, 0.6) is 0 Å². The molecule has 4 saturated heterocycles. The molecule has 0 aliphatic carbocycles. The van der Waals surface area contributed by atoms with Crippen LogP contribution in [0.3, 0.4) is 0 Å². The van der Waals surface area contributed by atoms with E-state index in [0.29, 0.717) is 125 Å². The molecule has 31 nitrogen and oxygen atoms in total. The molecule has 139 heavy (non-hydrogen) atoms. The van der Waals surface area contributed by atoms with Crippen LogP contribution >= 0.6 is 0 Å². The van der Waals surface area contributed by atoms with Gasteiger partial charge in [-0.2, -0.15) is 0 Å². The maximum atomic E-state index is 14.1. The van der Waals surface area contributed by atoms with Gasteiger partial charge in [0.1, 0.15) is 97.7 Å². The van der Waals surface area contributed by atoms with Crippen molar-refractivity contribution in [2.45, 2.75) is 518 Å². The van der Waals surface area contributed by atoms with E-state index in [9.17, 15) is 9.59 Å². The second-order valence-electron chi connectivity index (χ2n) is 38.3. The number of ether oxygens (including phenoxy) is 29. The molecule has 0 bridgehead atoms. The topological polar surface area (TPSA) is 302 Å². The van der Waals surface area contributed by atoms with Crippen molar-refractivity contribution < 1.29 is 147 Å². The molecule has 4 fully saturated rings. The fourth-order valence-corrected chi connectivity index (χ4v) is 16.3. The van der Waals surface area contributed by atoms with E-state index >= 15 is 0 Å². The lowest BCUT2D eigenvalue weighted by Crippen LogP contribution is -2.67. The number of unbranched alkanes of at least 4 members (excludes halogenated alkanes) is 16. The Morgan fingerprint density at radius 2 is 0.496 bits per heavy atom. The number of hydrogen-bond acceptors (Lipinski definition) is 31. The minimum atomic E-state index is -1.37. The maximum Gasteiger partial charge on any atom is 0.303 e. The highest BCUT2D eigenvalue weighted by Gasteiger charge is 2.59. The normalized spacial score (nSPS) is 27.0. The Morgan fingerprint density at radius 3 is 0.849 bits per heavy atom. The zero-order chi connectivity index (χ0) is 101. The predicted octanol–water partition coefficient (Wildman–Crippen LogP) is 20.1. The van der Waals surface area contributed by atoms with Crippen LogP contribution in [0, 0.1) is 11.8 Å². The van der Waals surface area contributed by atoms with Crippen LogP contribution in [-0.4, -0.2) is 330 Å². The van der Waals surface area contributed by atoms with Crippen molar-refractivity contribution in [1.82, 2.24) is 0 Å². The third-order valence-corrected chi connectivity index (χ3v) is 25.2. The first-order valence-corrected chi connectivity index (χ1v) is 55.8. The Labute approximate surface area is 842 Å². The van der Waals surface area contributed by atoms with Crippen LogP contribution in [0.2, 0.25) is 0 Å². The molecule has 0 amide bonds. The molecule has 0 aromatic heterocycles. The van der Waals surface area contributed by atoms with Crippen molar-refractivity contribution in [2.24, 2.45) is 11.8 Å². The summed E-state index contributed by atoms with van der Waals surface area (Å²) in [4.78, 5) is 27.7. The molecule has 0 radical (unpaired) electrons. The molecule has 31 heteroatoms. The van der Waals surface area contributed by atoms with Crippen molar-refractivity contribution in [3.05, 3.63) is 0 Å². The highest BCUT2D eigenvalue weighted by molar-refractivity contribution is 5.66. The number of hydrogen-bond donors (Lipinski definition) is 0. The van der Waals surface area contributed by atoms with E-state index in [1.165, 1.54) is 13.8 Å². The molecule has 0 saturated carbocycles. The molecule has 4 rings (SSSR count). The van der Waals surface area contributed by atoms with E-state index in [0.717, 1.165) is 180 Å². The van der Waals surface area contributed by atoms with Gasteiger partial charge in [0, 0.05) is 131 Å². The third kappa shape index (κ3) is 51.3. The van der Waals surface area contributed by atoms with Crippen LogP contribution in [0.1, 0.15) is 358 Å². The van der Waals surface area contributed by atoms with Crippen LogP contribution < -0.4 is 0 Å². The molecule has 0 spiro atoms. The van der Waals surface area contributed by atoms with Crippen molar-refractivity contribution >= 4 is 11.9 Å². The molecule has 28 atom stereocenters. The van der Waals surface area contributed by atoms with Crippen molar-refractivity contribution in [1.29, 1.82) is 0 Å². The van der Waals surface area contributed by atoms with Gasteiger partial charge < -0.3 is 137 Å². The monoisotopic (exact) mass is 2000 g/mol. The van der Waals surface area contributed by atoms with Gasteiger partial charge in [0.15, 0.2) is 49.9 Å². The van der Waals surface area contributed by atoms with Gasteiger partial charge in [-0.05, 0) is 117 Å². The quantitative estimate of drug-likeness (QED) is 0.0310. The van der Waals surface area contributed by atoms with Gasteiger partial charge in [0.2, 0.25) is 0 Å². The largest absolute Gasteiger partial charge is 0.454 e. The highest BCUT2D eigenvalue weighted by Crippen LogP contribution is 2.41. The lowest BCUT2D eigenvalue weighted by atomic mass is 9.95. The van der Waals surface area contributed by atoms with E-state index in [4.69, 9.17) is 137 Å². The zero-order valence-corrected chi connectivity index (χ0v) is 91.4. The third-order valence-electron chi connectivity index (χ3n) is 25.2. The Kier molecular flexibility index (Phi) is 76.8. The average molecular weight is 2000 g/mol. The fourth-order valence-electron chi connectivity index (χ4n) is 16.3. The van der Waals surface area contributed by atoms with Gasteiger partial charge in [-0.1, -0.05) is 227 Å². The van der Waals surface area contributed by atoms with Crippen molar-refractivity contribution in [3.63, 3.8) is 0 Å². The van der Waals surface area contributed by atoms with E-state index in [1.54, 1.807) is 0 Å². The van der Waals surface area contributed by atoms with Gasteiger partial charge >= 0.3 is 11.9 Å². The van der Waals surface area contributed by atoms with Crippen molar-refractivity contribution in [3.8, 4) is 0 Å². The summed E-state index contributed by atoms with van der Waals surface area (Å²) in [5, 5.41) is 0. The van der Waals surface area contributed by atoms with Crippen LogP contribution in [0.4, 0.5) is 0 Å². The molecule has 824 valence electrons. The summed E-state index contributed by atoms with van der Waals surface area (Å²) < 4.78 is 205. The summed E-state index contributed by atoms with van der Waals surface area (Å²) in [6.45, 7) is 52.2. The minimum Gasteiger partial charge on any atom is -0.454 e. The number of carbonyl (C=O) groups is 2. The van der Waals surface area contributed by atoms with Gasteiger partial charge in [0.25, 0.3) is 0 Å². The molecule has 0 aromatic carbocycles. The second-order valence-corrected chi connectivity index (χ2v) is 38.3. The number of esters is 2. The van der Waals surface area contributed by atoms with E-state index in [2.05, 4.69) is 118 Å². The lowest BCUT2D eigenvalue weighted by Gasteiger charge is -2.51. The standard InChI is InChI=1S/C108H206O31/c1-23-39-55-111-71-79(17)103(126-70-54-38-16)132-85(73-113-57-41-25-3)81(19)128-106-99(125-69-53-37-15)98(138-108-102(131-84(22)110)97(124-68-52-36-14)93(120-64-48-32-10)89(136-108)77-117-61-45-29-7)94(121-65-49-33-11)90(137-106)78-127-105-100(95(122-66-50-34-12)91(118-62-46-30-8)87(134-105)75-115-59-43-27-5)139-104(80(18)72-112-56-40-24-2)133-86(74-114-58-42-26-4)82(20)129-107-101(130-83(21)109)96(123-67-51-35-13)92(119-63-47-31-9)88(135-107)76-116-60-44-28-6/h79-82,85-108H,23-78H2,1-22H3/t79-,80-,81-,82-,85?,86?,87?,88?,89?,90?,91+,92-,93-,94+,95?,96?,97?,98?,99+,100+,101-,102-,103+,104-,105-,106+,107+,108-/m0/s1. The smallest absolute Gasteiger partial charge is 0.303 e. The van der Waals surface area contributed by atoms with Gasteiger partial charge in [-0.15, -0.1) is 0 Å². The molecule has 0 aromatic rings. The first kappa shape index (κ1) is 129. The Hall–Kier alpha value is -2.14. The van der Waals surface area contributed by atoms with Gasteiger partial charge in [-0.25, -0.2) is 0 Å². The molecule has 0 N–H and O–H groups in total. The Bertz CT molecular complexity index is 2810. The second kappa shape index (κ2) is 82.7. The average Bonchev–Trinajstić information content (AvgIpc) is 0.884. The van der Waals surface area contributed by atoms with E-state index in [-0.39, 0.29) is 65.4 Å². The summed E-state index contributed by atoms with van der Waals surface area (Å²) in [7, 11) is 0. The summed E-state index contributed by atoms with van der Waals surface area (Å²) >= 11 is 0. The molecule has 4 aliphatic rings. The van der Waals surface area contributed by atoms with Crippen LogP contribution in [-0.2, 0) is 147 Å². The van der Waals surface area contributed by atoms with Gasteiger partial charge in [0.05, 0.1) is 65.1 Å². The molecular formula is C108H206O31. The molecule has 10 unspecified atom stereocenters. The fraction of sp³-hybridized carbons (Fsp3) is 0.981. The Morgan fingerprint density at radius 1 is 0.237 bits per heavy atom. The summed E-state index contributed by atoms with van der Waals surface area (Å²) in [5.74, 6) is -1.85. The van der Waals surface area contributed by atoms with Crippen molar-refractivity contribution in [2.75, 3.05) is 159 Å². The number of rotatable bonds is 92. The minimum absolute atomic E-state index is 0.0301. The first-order valence-electron chi connectivity index (χ1n) is 55.8. The van der Waals surface area contributed by atoms with Gasteiger partial charge in [-0.3, -0.25) is 9.59 Å². The molecule has 4 aliphatic heterocycles. The molecular weight excluding hydrogens is 1790 g/mol. The highest BCUT2D eigenvalue weighted by atomic mass is 16.8. The summed E-state index contributed by atoms with van der Waals surface area (Å²) in [6, 6.07) is 0. The lowest BCUT2D eigenvalue weighted by molar-refractivity contribution is -0.387. The van der Waals surface area contributed by atoms with E-state index < -0.39 is 178 Å².